The summed E-state index contributed by atoms with van der Waals surface area (Å²) < 4.78 is 12.3. The number of ether oxygens (including phenoxy) is 2. The molecule has 0 aliphatic heterocycles. The van der Waals surface area contributed by atoms with Gasteiger partial charge in [-0.3, -0.25) is 4.79 Å². The highest BCUT2D eigenvalue weighted by atomic mass is 79.9. The summed E-state index contributed by atoms with van der Waals surface area (Å²) in [4.78, 5) is 20.8. The summed E-state index contributed by atoms with van der Waals surface area (Å²) in [6, 6.07) is 20.0. The summed E-state index contributed by atoms with van der Waals surface area (Å²) in [5.74, 6) is 1.06. The van der Waals surface area contributed by atoms with Crippen LogP contribution in [0.1, 0.15) is 22.5 Å². The fourth-order valence-electron chi connectivity index (χ4n) is 3.54. The van der Waals surface area contributed by atoms with Crippen molar-refractivity contribution in [3.63, 3.8) is 0 Å². The van der Waals surface area contributed by atoms with Crippen LogP contribution in [0.4, 0.5) is 0 Å². The molecule has 1 heterocycles. The van der Waals surface area contributed by atoms with E-state index in [2.05, 4.69) is 66.8 Å². The van der Waals surface area contributed by atoms with Crippen molar-refractivity contribution in [2.24, 2.45) is 5.10 Å². The number of halogens is 1. The Morgan fingerprint density at radius 1 is 1.06 bits per heavy atom. The molecule has 36 heavy (non-hydrogen) atoms. The molecule has 4 rings (SSSR count). The molecule has 184 valence electrons. The molecule has 3 aromatic carbocycles. The summed E-state index contributed by atoms with van der Waals surface area (Å²) >= 11 is 4.83. The molecule has 9 heteroatoms. The number of rotatable bonds is 9. The lowest BCUT2D eigenvalue weighted by atomic mass is 10.1. The average molecular weight is 565 g/mol. The molecule has 0 bridgehead atoms. The van der Waals surface area contributed by atoms with E-state index in [-0.39, 0.29) is 11.7 Å². The second-order valence-corrected chi connectivity index (χ2v) is 9.82. The van der Waals surface area contributed by atoms with Gasteiger partial charge in [-0.1, -0.05) is 48.2 Å². The predicted molar refractivity (Wildman–Crippen MR) is 147 cm³/mol. The van der Waals surface area contributed by atoms with Crippen molar-refractivity contribution < 1.29 is 14.3 Å². The Balaban J connectivity index is 1.36. The quantitative estimate of drug-likeness (QED) is 0.119. The van der Waals surface area contributed by atoms with Gasteiger partial charge < -0.3 is 9.47 Å². The highest BCUT2D eigenvalue weighted by Crippen LogP contribution is 2.37. The number of thioether (sulfide) groups is 1. The number of amides is 1. The molecule has 0 fully saturated rings. The van der Waals surface area contributed by atoms with Crippen molar-refractivity contribution in [3.8, 4) is 11.5 Å². The van der Waals surface area contributed by atoms with Crippen LogP contribution in [0.25, 0.3) is 10.8 Å². The van der Waals surface area contributed by atoms with Crippen LogP contribution < -0.4 is 14.9 Å². The van der Waals surface area contributed by atoms with Crippen LogP contribution in [0.15, 0.2) is 75.4 Å². The maximum atomic E-state index is 12.2. The second-order valence-electron chi connectivity index (χ2n) is 8.02. The molecule has 0 saturated heterocycles. The molecule has 0 unspecified atom stereocenters. The Morgan fingerprint density at radius 3 is 2.56 bits per heavy atom. The zero-order chi connectivity index (χ0) is 25.5. The van der Waals surface area contributed by atoms with Crippen molar-refractivity contribution in [1.29, 1.82) is 0 Å². The Bertz CT molecular complexity index is 1410. The monoisotopic (exact) mass is 564 g/mol. The lowest BCUT2D eigenvalue weighted by Gasteiger charge is -2.14. The predicted octanol–water partition coefficient (Wildman–Crippen LogP) is 5.84. The van der Waals surface area contributed by atoms with Crippen molar-refractivity contribution in [1.82, 2.24) is 15.4 Å². The normalized spacial score (nSPS) is 11.1. The van der Waals surface area contributed by atoms with Gasteiger partial charge in [-0.05, 0) is 75.9 Å². The molecule has 4 aromatic rings. The standard InChI is InChI=1S/C27H25BrN4O3S/c1-17-10-18(2)31-27(30-17)36-16-25(33)32-29-14-20-12-23(28)26(24(13-20)34-3)35-15-19-8-9-21-6-4-5-7-22(21)11-19/h4-14H,15-16H2,1-3H3,(H,32,33)/b29-14-. The van der Waals surface area contributed by atoms with E-state index in [1.165, 1.54) is 17.1 Å². The van der Waals surface area contributed by atoms with E-state index >= 15 is 0 Å². The van der Waals surface area contributed by atoms with E-state index < -0.39 is 0 Å². The van der Waals surface area contributed by atoms with Gasteiger partial charge in [0.15, 0.2) is 16.7 Å². The molecule has 7 nitrogen and oxygen atoms in total. The molecule has 0 aliphatic carbocycles. The number of carbonyl (C=O) groups is 1. The van der Waals surface area contributed by atoms with Gasteiger partial charge >= 0.3 is 0 Å². The molecule has 1 N–H and O–H groups in total. The lowest BCUT2D eigenvalue weighted by Crippen LogP contribution is -2.19. The number of hydrazone groups is 1. The maximum absolute atomic E-state index is 12.2. The first-order chi connectivity index (χ1) is 17.4. The highest BCUT2D eigenvalue weighted by molar-refractivity contribution is 9.10. The molecule has 0 spiro atoms. The van der Waals surface area contributed by atoms with Gasteiger partial charge in [-0.25, -0.2) is 15.4 Å². The van der Waals surface area contributed by atoms with Crippen LogP contribution in [0.3, 0.4) is 0 Å². The average Bonchev–Trinajstić information content (AvgIpc) is 2.86. The summed E-state index contributed by atoms with van der Waals surface area (Å²) in [5.41, 5.74) is 6.06. The SMILES string of the molecule is COc1cc(/C=N\NC(=O)CSc2nc(C)cc(C)n2)cc(Br)c1OCc1ccc2ccccc2c1. The fourth-order valence-corrected chi connectivity index (χ4v) is 4.85. The Labute approximate surface area is 222 Å². The summed E-state index contributed by atoms with van der Waals surface area (Å²) in [6.07, 6.45) is 1.55. The summed E-state index contributed by atoms with van der Waals surface area (Å²) in [5, 5.41) is 6.98. The minimum Gasteiger partial charge on any atom is -0.493 e. The number of hydrogen-bond donors (Lipinski definition) is 1. The minimum absolute atomic E-state index is 0.162. The molecule has 0 atom stereocenters. The van der Waals surface area contributed by atoms with E-state index in [9.17, 15) is 4.79 Å². The number of fused-ring (bicyclic) bond motifs is 1. The van der Waals surface area contributed by atoms with E-state index in [1.807, 2.05) is 38.1 Å². The molecule has 0 radical (unpaired) electrons. The zero-order valence-electron chi connectivity index (χ0n) is 20.1. The molecule has 0 aliphatic rings. The highest BCUT2D eigenvalue weighted by Gasteiger charge is 2.12. The van der Waals surface area contributed by atoms with Crippen LogP contribution in [0.2, 0.25) is 0 Å². The summed E-state index contributed by atoms with van der Waals surface area (Å²) in [6.45, 7) is 4.19. The van der Waals surface area contributed by atoms with Crippen molar-refractivity contribution in [2.45, 2.75) is 25.6 Å². The fraction of sp³-hybridized carbons (Fsp3) is 0.185. The van der Waals surface area contributed by atoms with Crippen molar-refractivity contribution >= 4 is 50.6 Å². The van der Waals surface area contributed by atoms with Gasteiger partial charge in [0.25, 0.3) is 5.91 Å². The van der Waals surface area contributed by atoms with Crippen molar-refractivity contribution in [3.05, 3.63) is 87.7 Å². The third-order valence-corrected chi connectivity index (χ3v) is 6.58. The van der Waals surface area contributed by atoms with Gasteiger partial charge in [0, 0.05) is 11.4 Å². The first kappa shape index (κ1) is 25.7. The number of hydrogen-bond acceptors (Lipinski definition) is 7. The molecule has 1 aromatic heterocycles. The van der Waals surface area contributed by atoms with Crippen LogP contribution in [-0.4, -0.2) is 35.0 Å². The Morgan fingerprint density at radius 2 is 1.81 bits per heavy atom. The summed E-state index contributed by atoms with van der Waals surface area (Å²) in [7, 11) is 1.58. The topological polar surface area (TPSA) is 85.7 Å². The molecular formula is C27H25BrN4O3S. The number of carbonyl (C=O) groups excluding carboxylic acids is 1. The van der Waals surface area contributed by atoms with Gasteiger partial charge in [0.05, 0.1) is 23.5 Å². The number of nitrogens with one attached hydrogen (secondary N) is 1. The first-order valence-electron chi connectivity index (χ1n) is 11.2. The Hall–Kier alpha value is -3.43. The smallest absolute Gasteiger partial charge is 0.250 e. The van der Waals surface area contributed by atoms with E-state index in [4.69, 9.17) is 9.47 Å². The number of benzene rings is 3. The van der Waals surface area contributed by atoms with Gasteiger partial charge in [-0.15, -0.1) is 0 Å². The van der Waals surface area contributed by atoms with Crippen LogP contribution in [-0.2, 0) is 11.4 Å². The Kier molecular flexibility index (Phi) is 8.56. The molecular weight excluding hydrogens is 540 g/mol. The number of nitrogens with zero attached hydrogens (tertiary/aromatic N) is 3. The maximum Gasteiger partial charge on any atom is 0.250 e. The van der Waals surface area contributed by atoms with Crippen molar-refractivity contribution in [2.75, 3.05) is 12.9 Å². The van der Waals surface area contributed by atoms with E-state index in [0.29, 0.717) is 23.3 Å². The van der Waals surface area contributed by atoms with Crippen LogP contribution >= 0.6 is 27.7 Å². The molecule has 1 amide bonds. The zero-order valence-corrected chi connectivity index (χ0v) is 22.5. The first-order valence-corrected chi connectivity index (χ1v) is 12.9. The van der Waals surface area contributed by atoms with Gasteiger partial charge in [0.2, 0.25) is 0 Å². The van der Waals surface area contributed by atoms with E-state index in [1.54, 1.807) is 19.4 Å². The minimum atomic E-state index is -0.250. The second kappa shape index (κ2) is 12.0. The third kappa shape index (κ3) is 6.83. The lowest BCUT2D eigenvalue weighted by molar-refractivity contribution is -0.118. The largest absolute Gasteiger partial charge is 0.493 e. The van der Waals surface area contributed by atoms with Crippen LogP contribution in [0.5, 0.6) is 11.5 Å². The number of methoxy groups -OCH3 is 1. The third-order valence-electron chi connectivity index (χ3n) is 5.15. The van der Waals surface area contributed by atoms with Crippen LogP contribution in [0, 0.1) is 13.8 Å². The molecule has 0 saturated carbocycles. The van der Waals surface area contributed by atoms with Gasteiger partial charge in [0.1, 0.15) is 6.61 Å². The number of aryl methyl sites for hydroxylation is 2. The number of aromatic nitrogens is 2. The van der Waals surface area contributed by atoms with E-state index in [0.717, 1.165) is 32.4 Å². The van der Waals surface area contributed by atoms with Gasteiger partial charge in [-0.2, -0.15) is 5.10 Å².